The number of carbonyl (C=O) groups is 2. The van der Waals surface area contributed by atoms with E-state index in [1.807, 2.05) is 53.7 Å². The van der Waals surface area contributed by atoms with Gasteiger partial charge in [0.1, 0.15) is 17.0 Å². The fraction of sp³-hybridized carbons (Fsp3) is 0.652. The molecule has 0 unspecified atom stereocenters. The van der Waals surface area contributed by atoms with Crippen LogP contribution in [-0.2, 0) is 20.7 Å². The standard InChI is InChI=1S/C23H34BrNO5/c1-22(2,3)29-20(26)15-28-19-14-17(7-8-18(19)24)13-16-9-11-25(12-10-16)21(27)30-23(4,5)6/h7-8,14,16H,9-13,15H2,1-6H3. The summed E-state index contributed by atoms with van der Waals surface area (Å²) in [4.78, 5) is 25.9. The molecular weight excluding hydrogens is 450 g/mol. The third-order valence-electron chi connectivity index (χ3n) is 4.55. The topological polar surface area (TPSA) is 65.1 Å². The van der Waals surface area contributed by atoms with Crippen LogP contribution in [0.4, 0.5) is 4.79 Å². The normalized spacial score (nSPS) is 15.6. The van der Waals surface area contributed by atoms with E-state index in [0.717, 1.165) is 29.3 Å². The van der Waals surface area contributed by atoms with E-state index in [4.69, 9.17) is 14.2 Å². The Balaban J connectivity index is 1.87. The largest absolute Gasteiger partial charge is 0.481 e. The van der Waals surface area contributed by atoms with Crippen LogP contribution in [0.2, 0.25) is 0 Å². The van der Waals surface area contributed by atoms with Crippen LogP contribution in [-0.4, -0.2) is 47.9 Å². The molecule has 0 saturated carbocycles. The molecule has 1 aromatic carbocycles. The van der Waals surface area contributed by atoms with Gasteiger partial charge < -0.3 is 19.1 Å². The second-order valence-electron chi connectivity index (χ2n) is 9.75. The Morgan fingerprint density at radius 3 is 2.20 bits per heavy atom. The van der Waals surface area contributed by atoms with Crippen molar-refractivity contribution in [3.63, 3.8) is 0 Å². The molecule has 168 valence electrons. The molecule has 1 aromatic rings. The number of amides is 1. The number of rotatable bonds is 5. The maximum atomic E-state index is 12.2. The van der Waals surface area contributed by atoms with E-state index in [-0.39, 0.29) is 12.7 Å². The van der Waals surface area contributed by atoms with Gasteiger partial charge in [0.25, 0.3) is 0 Å². The molecule has 0 aliphatic carbocycles. The van der Waals surface area contributed by atoms with Crippen LogP contribution in [0.1, 0.15) is 59.9 Å². The number of hydrogen-bond acceptors (Lipinski definition) is 5. The van der Waals surface area contributed by atoms with Gasteiger partial charge in [-0.05, 0) is 100 Å². The molecule has 30 heavy (non-hydrogen) atoms. The SMILES string of the molecule is CC(C)(C)OC(=O)COc1cc(CC2CCN(C(=O)OC(C)(C)C)CC2)ccc1Br. The van der Waals surface area contributed by atoms with Gasteiger partial charge in [0.05, 0.1) is 4.47 Å². The zero-order valence-corrected chi connectivity index (χ0v) is 20.5. The number of benzene rings is 1. The maximum Gasteiger partial charge on any atom is 0.410 e. The molecule has 0 aromatic heterocycles. The lowest BCUT2D eigenvalue weighted by atomic mass is 9.90. The second kappa shape index (κ2) is 10.0. The van der Waals surface area contributed by atoms with Crippen molar-refractivity contribution in [2.75, 3.05) is 19.7 Å². The summed E-state index contributed by atoms with van der Waals surface area (Å²) in [5.74, 6) is 0.724. The lowest BCUT2D eigenvalue weighted by Gasteiger charge is -2.33. The third-order valence-corrected chi connectivity index (χ3v) is 5.21. The van der Waals surface area contributed by atoms with Gasteiger partial charge in [-0.15, -0.1) is 0 Å². The summed E-state index contributed by atoms with van der Waals surface area (Å²) in [6.45, 7) is 12.4. The highest BCUT2D eigenvalue weighted by Gasteiger charge is 2.27. The predicted octanol–water partition coefficient (Wildman–Crippen LogP) is 5.36. The number of piperidine rings is 1. The molecule has 0 spiro atoms. The van der Waals surface area contributed by atoms with Crippen molar-refractivity contribution in [3.8, 4) is 5.75 Å². The first kappa shape index (κ1) is 24.5. The quantitative estimate of drug-likeness (QED) is 0.527. The van der Waals surface area contributed by atoms with E-state index in [0.29, 0.717) is 24.8 Å². The molecular formula is C23H34BrNO5. The predicted molar refractivity (Wildman–Crippen MR) is 120 cm³/mol. The average molecular weight is 484 g/mol. The number of halogens is 1. The van der Waals surface area contributed by atoms with Crippen LogP contribution in [0.3, 0.4) is 0 Å². The highest BCUT2D eigenvalue weighted by molar-refractivity contribution is 9.10. The molecule has 1 saturated heterocycles. The summed E-state index contributed by atoms with van der Waals surface area (Å²) >= 11 is 3.48. The zero-order chi connectivity index (χ0) is 22.5. The zero-order valence-electron chi connectivity index (χ0n) is 18.9. The van der Waals surface area contributed by atoms with E-state index in [1.54, 1.807) is 4.90 Å². The number of ether oxygens (including phenoxy) is 3. The Kier molecular flexibility index (Phi) is 8.20. The fourth-order valence-corrected chi connectivity index (χ4v) is 3.63. The number of nitrogens with zero attached hydrogens (tertiary/aromatic N) is 1. The van der Waals surface area contributed by atoms with Crippen LogP contribution in [0.15, 0.2) is 22.7 Å². The molecule has 1 amide bonds. The molecule has 0 bridgehead atoms. The van der Waals surface area contributed by atoms with Crippen LogP contribution in [0.25, 0.3) is 0 Å². The third kappa shape index (κ3) is 8.54. The molecule has 0 atom stereocenters. The van der Waals surface area contributed by atoms with Crippen molar-refractivity contribution < 1.29 is 23.8 Å². The minimum absolute atomic E-state index is 0.131. The first-order valence-electron chi connectivity index (χ1n) is 10.4. The highest BCUT2D eigenvalue weighted by atomic mass is 79.9. The van der Waals surface area contributed by atoms with Crippen molar-refractivity contribution >= 4 is 28.0 Å². The van der Waals surface area contributed by atoms with Gasteiger partial charge in [0, 0.05) is 13.1 Å². The van der Waals surface area contributed by atoms with Gasteiger partial charge in [-0.25, -0.2) is 9.59 Å². The Bertz CT molecular complexity index is 743. The van der Waals surface area contributed by atoms with E-state index in [9.17, 15) is 9.59 Å². The summed E-state index contributed by atoms with van der Waals surface area (Å²) in [5, 5.41) is 0. The van der Waals surface area contributed by atoms with Crippen LogP contribution >= 0.6 is 15.9 Å². The Hall–Kier alpha value is -1.76. The first-order chi connectivity index (χ1) is 13.8. The van der Waals surface area contributed by atoms with E-state index < -0.39 is 17.2 Å². The second-order valence-corrected chi connectivity index (χ2v) is 10.6. The van der Waals surface area contributed by atoms with Crippen molar-refractivity contribution in [1.29, 1.82) is 0 Å². The summed E-state index contributed by atoms with van der Waals surface area (Å²) in [7, 11) is 0. The summed E-state index contributed by atoms with van der Waals surface area (Å²) in [6, 6.07) is 5.97. The lowest BCUT2D eigenvalue weighted by molar-refractivity contribution is -0.157. The molecule has 6 nitrogen and oxygen atoms in total. The van der Waals surface area contributed by atoms with Gasteiger partial charge in [-0.1, -0.05) is 6.07 Å². The average Bonchev–Trinajstić information content (AvgIpc) is 2.60. The molecule has 1 aliphatic heterocycles. The van der Waals surface area contributed by atoms with Crippen molar-refractivity contribution in [2.24, 2.45) is 5.92 Å². The Morgan fingerprint density at radius 1 is 1.03 bits per heavy atom. The summed E-state index contributed by atoms with van der Waals surface area (Å²) in [5.41, 5.74) is 0.141. The number of carbonyl (C=O) groups excluding carboxylic acids is 2. The van der Waals surface area contributed by atoms with Gasteiger partial charge >= 0.3 is 12.1 Å². The molecule has 7 heteroatoms. The minimum atomic E-state index is -0.534. The van der Waals surface area contributed by atoms with Gasteiger partial charge in [0.2, 0.25) is 0 Å². The summed E-state index contributed by atoms with van der Waals surface area (Å²) < 4.78 is 17.2. The van der Waals surface area contributed by atoms with Crippen LogP contribution in [0, 0.1) is 5.92 Å². The molecule has 0 N–H and O–H groups in total. The number of esters is 1. The van der Waals surface area contributed by atoms with Crippen molar-refractivity contribution in [3.05, 3.63) is 28.2 Å². The Labute approximate surface area is 188 Å². The van der Waals surface area contributed by atoms with Gasteiger partial charge in [-0.2, -0.15) is 0 Å². The van der Waals surface area contributed by atoms with Crippen molar-refractivity contribution in [1.82, 2.24) is 4.90 Å². The molecule has 1 fully saturated rings. The minimum Gasteiger partial charge on any atom is -0.481 e. The van der Waals surface area contributed by atoms with Gasteiger partial charge in [0.15, 0.2) is 6.61 Å². The fourth-order valence-electron chi connectivity index (χ4n) is 3.27. The van der Waals surface area contributed by atoms with Crippen LogP contribution < -0.4 is 4.74 Å². The van der Waals surface area contributed by atoms with Gasteiger partial charge in [-0.3, -0.25) is 0 Å². The molecule has 1 aliphatic rings. The van der Waals surface area contributed by atoms with E-state index >= 15 is 0 Å². The monoisotopic (exact) mass is 483 g/mol. The maximum absolute atomic E-state index is 12.2. The van der Waals surface area contributed by atoms with Crippen molar-refractivity contribution in [2.45, 2.75) is 72.0 Å². The number of likely N-dealkylation sites (tertiary alicyclic amines) is 1. The lowest BCUT2D eigenvalue weighted by Crippen LogP contribution is -2.42. The highest BCUT2D eigenvalue weighted by Crippen LogP contribution is 2.29. The van der Waals surface area contributed by atoms with Crippen LogP contribution in [0.5, 0.6) is 5.75 Å². The summed E-state index contributed by atoms with van der Waals surface area (Å²) in [6.07, 6.45) is 2.54. The Morgan fingerprint density at radius 2 is 1.63 bits per heavy atom. The first-order valence-corrected chi connectivity index (χ1v) is 11.2. The van der Waals surface area contributed by atoms with E-state index in [2.05, 4.69) is 22.0 Å². The molecule has 1 heterocycles. The molecule has 2 rings (SSSR count). The smallest absolute Gasteiger partial charge is 0.410 e. The number of hydrogen-bond donors (Lipinski definition) is 0. The van der Waals surface area contributed by atoms with E-state index in [1.165, 1.54) is 0 Å². The molecule has 0 radical (unpaired) electrons.